The first-order valence-corrected chi connectivity index (χ1v) is 6.66. The van der Waals surface area contributed by atoms with E-state index in [1.165, 1.54) is 38.6 Å². The van der Waals surface area contributed by atoms with Gasteiger partial charge in [-0.05, 0) is 32.7 Å². The summed E-state index contributed by atoms with van der Waals surface area (Å²) in [6.45, 7) is 4.52. The van der Waals surface area contributed by atoms with Crippen molar-refractivity contribution < 1.29 is 0 Å². The predicted molar refractivity (Wildman–Crippen MR) is 65.1 cm³/mol. The maximum atomic E-state index is 8.84. The lowest BCUT2D eigenvalue weighted by atomic mass is 10.1. The van der Waals surface area contributed by atoms with Crippen molar-refractivity contribution in [3.05, 3.63) is 0 Å². The van der Waals surface area contributed by atoms with Crippen LogP contribution in [-0.2, 0) is 0 Å². The van der Waals surface area contributed by atoms with Gasteiger partial charge in [-0.1, -0.05) is 12.8 Å². The molecule has 0 aromatic carbocycles. The zero-order valence-corrected chi connectivity index (χ0v) is 10.3. The number of nitrogens with zero attached hydrogens (tertiary/aromatic N) is 2. The van der Waals surface area contributed by atoms with Crippen LogP contribution < -0.4 is 5.32 Å². The molecule has 2 rings (SSSR count). The minimum Gasteiger partial charge on any atom is -0.309 e. The van der Waals surface area contributed by atoms with Crippen LogP contribution in [0.4, 0.5) is 0 Å². The van der Waals surface area contributed by atoms with Crippen LogP contribution in [0.3, 0.4) is 0 Å². The van der Waals surface area contributed by atoms with Gasteiger partial charge in [-0.2, -0.15) is 5.26 Å². The molecule has 1 heterocycles. The molecular weight excluding hydrogens is 198 g/mol. The molecule has 0 spiro atoms. The van der Waals surface area contributed by atoms with Crippen molar-refractivity contribution in [1.29, 1.82) is 5.26 Å². The van der Waals surface area contributed by atoms with Crippen molar-refractivity contribution in [1.82, 2.24) is 10.2 Å². The Morgan fingerprint density at radius 1 is 1.31 bits per heavy atom. The van der Waals surface area contributed by atoms with Crippen molar-refractivity contribution in [3.8, 4) is 6.07 Å². The fourth-order valence-electron chi connectivity index (χ4n) is 3.11. The summed E-state index contributed by atoms with van der Waals surface area (Å²) in [5.74, 6) is 0. The number of nitrogens with one attached hydrogen (secondary N) is 1. The van der Waals surface area contributed by atoms with Gasteiger partial charge in [-0.15, -0.1) is 0 Å². The van der Waals surface area contributed by atoms with E-state index in [1.54, 1.807) is 0 Å². The summed E-state index contributed by atoms with van der Waals surface area (Å²) < 4.78 is 0. The summed E-state index contributed by atoms with van der Waals surface area (Å²) in [4.78, 5) is 2.63. The molecule has 1 aliphatic heterocycles. The van der Waals surface area contributed by atoms with E-state index >= 15 is 0 Å². The average Bonchev–Trinajstić information content (AvgIpc) is 2.71. The Bertz CT molecular complexity index is 252. The molecule has 0 aromatic rings. The number of nitriles is 1. The fourth-order valence-corrected chi connectivity index (χ4v) is 3.11. The second-order valence-corrected chi connectivity index (χ2v) is 5.35. The Kier molecular flexibility index (Phi) is 4.20. The van der Waals surface area contributed by atoms with Gasteiger partial charge in [-0.25, -0.2) is 0 Å². The highest BCUT2D eigenvalue weighted by Gasteiger charge is 2.27. The van der Waals surface area contributed by atoms with Gasteiger partial charge in [0.15, 0.2) is 0 Å². The molecule has 2 aliphatic rings. The van der Waals surface area contributed by atoms with Crippen molar-refractivity contribution in [3.63, 3.8) is 0 Å². The van der Waals surface area contributed by atoms with Crippen LogP contribution in [0.5, 0.6) is 0 Å². The third-order valence-electron chi connectivity index (χ3n) is 4.00. The maximum absolute atomic E-state index is 8.84. The molecular formula is C13H23N3. The molecule has 0 radical (unpaired) electrons. The van der Waals surface area contributed by atoms with Crippen LogP contribution in [-0.4, -0.2) is 36.1 Å². The molecule has 16 heavy (non-hydrogen) atoms. The minimum atomic E-state index is 0.378. The van der Waals surface area contributed by atoms with Crippen LogP contribution >= 0.6 is 0 Å². The lowest BCUT2D eigenvalue weighted by Gasteiger charge is -2.29. The number of hydrogen-bond acceptors (Lipinski definition) is 3. The van der Waals surface area contributed by atoms with Crippen molar-refractivity contribution >= 4 is 0 Å². The zero-order valence-electron chi connectivity index (χ0n) is 10.3. The Labute approximate surface area is 98.8 Å². The van der Waals surface area contributed by atoms with Crippen molar-refractivity contribution in [2.75, 3.05) is 13.1 Å². The van der Waals surface area contributed by atoms with Gasteiger partial charge in [0.2, 0.25) is 0 Å². The van der Waals surface area contributed by atoms with Gasteiger partial charge >= 0.3 is 0 Å². The van der Waals surface area contributed by atoms with E-state index in [1.807, 2.05) is 0 Å². The minimum absolute atomic E-state index is 0.378. The fraction of sp³-hybridized carbons (Fsp3) is 0.923. The average molecular weight is 221 g/mol. The first-order chi connectivity index (χ1) is 7.79. The monoisotopic (exact) mass is 221 g/mol. The predicted octanol–water partition coefficient (Wildman–Crippen LogP) is 1.90. The molecule has 90 valence electrons. The van der Waals surface area contributed by atoms with E-state index < -0.39 is 0 Å². The van der Waals surface area contributed by atoms with E-state index in [-0.39, 0.29) is 0 Å². The first kappa shape index (κ1) is 11.9. The molecule has 0 amide bonds. The highest BCUT2D eigenvalue weighted by molar-refractivity contribution is 4.90. The normalized spacial score (nSPS) is 33.5. The summed E-state index contributed by atoms with van der Waals surface area (Å²) in [7, 11) is 0. The summed E-state index contributed by atoms with van der Waals surface area (Å²) >= 11 is 0. The second-order valence-electron chi connectivity index (χ2n) is 5.35. The molecule has 3 heteroatoms. The van der Waals surface area contributed by atoms with Crippen molar-refractivity contribution in [2.45, 2.75) is 63.6 Å². The Hall–Kier alpha value is -0.590. The van der Waals surface area contributed by atoms with E-state index in [0.717, 1.165) is 12.6 Å². The summed E-state index contributed by atoms with van der Waals surface area (Å²) in [6, 6.07) is 4.04. The first-order valence-electron chi connectivity index (χ1n) is 6.66. The molecule has 1 saturated heterocycles. The molecule has 0 aromatic heterocycles. The van der Waals surface area contributed by atoms with Gasteiger partial charge in [-0.3, -0.25) is 4.90 Å². The van der Waals surface area contributed by atoms with E-state index in [0.29, 0.717) is 18.5 Å². The quantitative estimate of drug-likeness (QED) is 0.774. The van der Waals surface area contributed by atoms with E-state index in [2.05, 4.69) is 23.2 Å². The summed E-state index contributed by atoms with van der Waals surface area (Å²) in [6.07, 6.45) is 7.40. The van der Waals surface area contributed by atoms with Crippen LogP contribution in [0.2, 0.25) is 0 Å². The summed E-state index contributed by atoms with van der Waals surface area (Å²) in [5, 5.41) is 12.4. The lowest BCUT2D eigenvalue weighted by Crippen LogP contribution is -2.42. The molecule has 0 bridgehead atoms. The third-order valence-corrected chi connectivity index (χ3v) is 4.00. The van der Waals surface area contributed by atoms with Gasteiger partial charge in [0, 0.05) is 24.7 Å². The molecule has 2 atom stereocenters. The second kappa shape index (κ2) is 5.65. The highest BCUT2D eigenvalue weighted by Crippen LogP contribution is 2.25. The Morgan fingerprint density at radius 3 is 2.75 bits per heavy atom. The maximum Gasteiger partial charge on any atom is 0.0638 e. The number of hydrogen-bond donors (Lipinski definition) is 1. The Balaban J connectivity index is 1.94. The topological polar surface area (TPSA) is 39.1 Å². The molecule has 2 unspecified atom stereocenters. The van der Waals surface area contributed by atoms with Crippen LogP contribution in [0.1, 0.15) is 45.4 Å². The SMILES string of the molecule is CC1CCN(C2CCCC2)CC(CC#N)N1. The van der Waals surface area contributed by atoms with Gasteiger partial charge in [0.25, 0.3) is 0 Å². The van der Waals surface area contributed by atoms with Crippen LogP contribution in [0.15, 0.2) is 0 Å². The van der Waals surface area contributed by atoms with Crippen LogP contribution in [0.25, 0.3) is 0 Å². The van der Waals surface area contributed by atoms with Gasteiger partial charge in [0.1, 0.15) is 0 Å². The van der Waals surface area contributed by atoms with Crippen LogP contribution in [0, 0.1) is 11.3 Å². The molecule has 3 nitrogen and oxygen atoms in total. The largest absolute Gasteiger partial charge is 0.309 e. The molecule has 1 saturated carbocycles. The molecule has 2 fully saturated rings. The molecule has 1 aliphatic carbocycles. The zero-order chi connectivity index (χ0) is 11.4. The van der Waals surface area contributed by atoms with Gasteiger partial charge < -0.3 is 5.32 Å². The van der Waals surface area contributed by atoms with E-state index in [4.69, 9.17) is 5.26 Å². The number of rotatable bonds is 2. The lowest BCUT2D eigenvalue weighted by molar-refractivity contribution is 0.195. The summed E-state index contributed by atoms with van der Waals surface area (Å²) in [5.41, 5.74) is 0. The van der Waals surface area contributed by atoms with Crippen molar-refractivity contribution in [2.24, 2.45) is 0 Å². The van der Waals surface area contributed by atoms with Gasteiger partial charge in [0.05, 0.1) is 12.5 Å². The highest BCUT2D eigenvalue weighted by atomic mass is 15.2. The third kappa shape index (κ3) is 2.96. The Morgan fingerprint density at radius 2 is 2.06 bits per heavy atom. The van der Waals surface area contributed by atoms with E-state index in [9.17, 15) is 0 Å². The standard InChI is InChI=1S/C13H23N3/c1-11-7-9-16(13-4-2-3-5-13)10-12(15-11)6-8-14/h11-13,15H,2-7,9-10H2,1H3. The smallest absolute Gasteiger partial charge is 0.0638 e. The molecule has 1 N–H and O–H groups in total.